The molecule has 1 unspecified atom stereocenters. The molecule has 2 amide bonds. The number of amides is 2. The largest absolute Gasteiger partial charge is 0.350 e. The Morgan fingerprint density at radius 1 is 0.718 bits per heavy atom. The van der Waals surface area contributed by atoms with Crippen LogP contribution in [-0.4, -0.2) is 22.8 Å². The highest BCUT2D eigenvalue weighted by Gasteiger charge is 2.30. The van der Waals surface area contributed by atoms with E-state index >= 15 is 0 Å². The Morgan fingerprint density at radius 2 is 1.33 bits per heavy atom. The van der Waals surface area contributed by atoms with Crippen molar-refractivity contribution in [3.05, 3.63) is 140 Å². The van der Waals surface area contributed by atoms with Crippen LogP contribution in [0.15, 0.2) is 103 Å². The molecule has 4 aromatic rings. The summed E-state index contributed by atoms with van der Waals surface area (Å²) in [6, 6.07) is 31.3. The lowest BCUT2D eigenvalue weighted by molar-refractivity contribution is -0.141. The van der Waals surface area contributed by atoms with Gasteiger partial charge in [-0.2, -0.15) is 0 Å². The van der Waals surface area contributed by atoms with Gasteiger partial charge in [-0.1, -0.05) is 114 Å². The van der Waals surface area contributed by atoms with Crippen molar-refractivity contribution >= 4 is 46.6 Å². The van der Waals surface area contributed by atoms with Crippen molar-refractivity contribution in [1.82, 2.24) is 10.2 Å². The van der Waals surface area contributed by atoms with Gasteiger partial charge in [0.15, 0.2) is 0 Å². The zero-order valence-corrected chi connectivity index (χ0v) is 23.6. The summed E-state index contributed by atoms with van der Waals surface area (Å²) in [6.45, 7) is 0.491. The molecule has 1 N–H and O–H groups in total. The third-order valence-corrected chi connectivity index (χ3v) is 7.31. The molecule has 39 heavy (non-hydrogen) atoms. The minimum atomic E-state index is -0.738. The first kappa shape index (κ1) is 28.7. The topological polar surface area (TPSA) is 49.4 Å². The predicted octanol–water partition coefficient (Wildman–Crippen LogP) is 7.54. The van der Waals surface area contributed by atoms with Gasteiger partial charge in [-0.15, -0.1) is 0 Å². The zero-order chi connectivity index (χ0) is 27.6. The maximum absolute atomic E-state index is 13.8. The van der Waals surface area contributed by atoms with Gasteiger partial charge in [0, 0.05) is 41.0 Å². The Bertz CT molecular complexity index is 1380. The molecule has 0 aliphatic rings. The van der Waals surface area contributed by atoms with Gasteiger partial charge in [0.2, 0.25) is 11.8 Å². The fourth-order valence-corrected chi connectivity index (χ4v) is 4.95. The Labute approximate surface area is 244 Å². The number of hydrogen-bond donors (Lipinski definition) is 1. The number of nitrogens with one attached hydrogen (secondary N) is 1. The van der Waals surface area contributed by atoms with Crippen molar-refractivity contribution in [3.8, 4) is 0 Å². The van der Waals surface area contributed by atoms with Crippen LogP contribution < -0.4 is 5.32 Å². The third-order valence-electron chi connectivity index (χ3n) is 6.48. The minimum Gasteiger partial charge on any atom is -0.350 e. The molecule has 4 rings (SSSR count). The molecule has 0 bridgehead atoms. The van der Waals surface area contributed by atoms with E-state index in [9.17, 15) is 9.59 Å². The summed E-state index contributed by atoms with van der Waals surface area (Å²) in [5.74, 6) is -0.360. The smallest absolute Gasteiger partial charge is 0.243 e. The summed E-state index contributed by atoms with van der Waals surface area (Å²) in [4.78, 5) is 29.2. The average Bonchev–Trinajstić information content (AvgIpc) is 2.95. The summed E-state index contributed by atoms with van der Waals surface area (Å²) in [5.41, 5.74) is 3.66. The van der Waals surface area contributed by atoms with E-state index in [1.165, 1.54) is 0 Å². The summed E-state index contributed by atoms with van der Waals surface area (Å²) < 4.78 is 0. The molecule has 0 aliphatic heterocycles. The molecule has 4 aromatic carbocycles. The van der Waals surface area contributed by atoms with Crippen molar-refractivity contribution in [3.63, 3.8) is 0 Å². The Hall–Kier alpha value is -3.31. The number of benzene rings is 4. The number of rotatable bonds is 11. The van der Waals surface area contributed by atoms with E-state index in [1.54, 1.807) is 35.2 Å². The second-order valence-corrected chi connectivity index (χ2v) is 10.6. The lowest BCUT2D eigenvalue weighted by Gasteiger charge is -2.32. The SMILES string of the molecule is O=C(NCc1ccc(Cl)cc1Cl)C(Cc1ccccc1)N(Cc1ccc(Cl)cc1)C(=O)CCc1ccccc1. The fourth-order valence-electron chi connectivity index (χ4n) is 4.35. The lowest BCUT2D eigenvalue weighted by Crippen LogP contribution is -2.50. The maximum atomic E-state index is 13.8. The lowest BCUT2D eigenvalue weighted by atomic mass is 10.0. The molecule has 0 saturated carbocycles. The van der Waals surface area contributed by atoms with Crippen LogP contribution in [-0.2, 0) is 35.5 Å². The maximum Gasteiger partial charge on any atom is 0.243 e. The zero-order valence-electron chi connectivity index (χ0n) is 21.3. The fraction of sp³-hybridized carbons (Fsp3) is 0.188. The van der Waals surface area contributed by atoms with Crippen LogP contribution >= 0.6 is 34.8 Å². The molecule has 0 radical (unpaired) electrons. The first-order chi connectivity index (χ1) is 18.9. The van der Waals surface area contributed by atoms with Crippen molar-refractivity contribution in [2.24, 2.45) is 0 Å². The van der Waals surface area contributed by atoms with Crippen LogP contribution in [0.3, 0.4) is 0 Å². The second kappa shape index (κ2) is 14.2. The average molecular weight is 580 g/mol. The summed E-state index contributed by atoms with van der Waals surface area (Å²) in [7, 11) is 0. The third kappa shape index (κ3) is 8.59. The highest BCUT2D eigenvalue weighted by atomic mass is 35.5. The highest BCUT2D eigenvalue weighted by Crippen LogP contribution is 2.22. The van der Waals surface area contributed by atoms with E-state index in [1.807, 2.05) is 72.8 Å². The van der Waals surface area contributed by atoms with Crippen molar-refractivity contribution in [1.29, 1.82) is 0 Å². The first-order valence-electron chi connectivity index (χ1n) is 12.7. The van der Waals surface area contributed by atoms with Gasteiger partial charge < -0.3 is 10.2 Å². The second-order valence-electron chi connectivity index (χ2n) is 9.29. The molecule has 200 valence electrons. The van der Waals surface area contributed by atoms with Crippen LogP contribution in [0.1, 0.15) is 28.7 Å². The van der Waals surface area contributed by atoms with Gasteiger partial charge in [0.05, 0.1) is 0 Å². The van der Waals surface area contributed by atoms with Crippen molar-refractivity contribution in [2.45, 2.75) is 38.4 Å². The van der Waals surface area contributed by atoms with Crippen LogP contribution in [0.4, 0.5) is 0 Å². The van der Waals surface area contributed by atoms with Gasteiger partial charge in [-0.3, -0.25) is 9.59 Å². The monoisotopic (exact) mass is 578 g/mol. The van der Waals surface area contributed by atoms with Crippen molar-refractivity contribution < 1.29 is 9.59 Å². The van der Waals surface area contributed by atoms with E-state index < -0.39 is 6.04 Å². The molecule has 0 aromatic heterocycles. The highest BCUT2D eigenvalue weighted by molar-refractivity contribution is 6.35. The molecular formula is C32H29Cl3N2O2. The van der Waals surface area contributed by atoms with Gasteiger partial charge in [-0.05, 0) is 52.9 Å². The summed E-state index contributed by atoms with van der Waals surface area (Å²) in [6.07, 6.45) is 1.22. The van der Waals surface area contributed by atoms with Gasteiger partial charge in [0.25, 0.3) is 0 Å². The van der Waals surface area contributed by atoms with Crippen LogP contribution in [0.5, 0.6) is 0 Å². The van der Waals surface area contributed by atoms with Crippen LogP contribution in [0.2, 0.25) is 15.1 Å². The van der Waals surface area contributed by atoms with Crippen molar-refractivity contribution in [2.75, 3.05) is 0 Å². The van der Waals surface area contributed by atoms with E-state index in [-0.39, 0.29) is 31.3 Å². The van der Waals surface area contributed by atoms with Crippen LogP contribution in [0, 0.1) is 0 Å². The number of aryl methyl sites for hydroxylation is 1. The molecular weight excluding hydrogens is 551 g/mol. The molecule has 0 saturated heterocycles. The number of halogens is 3. The molecule has 0 aliphatic carbocycles. The quantitative estimate of drug-likeness (QED) is 0.200. The number of nitrogens with zero attached hydrogens (tertiary/aromatic N) is 1. The van der Waals surface area contributed by atoms with Gasteiger partial charge in [-0.25, -0.2) is 0 Å². The van der Waals surface area contributed by atoms with Gasteiger partial charge >= 0.3 is 0 Å². The number of carbonyl (C=O) groups excluding carboxylic acids is 2. The summed E-state index contributed by atoms with van der Waals surface area (Å²) >= 11 is 18.5. The van der Waals surface area contributed by atoms with E-state index in [4.69, 9.17) is 34.8 Å². The molecule has 0 heterocycles. The molecule has 4 nitrogen and oxygen atoms in total. The Kier molecular flexibility index (Phi) is 10.4. The van der Waals surface area contributed by atoms with E-state index in [0.29, 0.717) is 27.9 Å². The Morgan fingerprint density at radius 3 is 1.97 bits per heavy atom. The van der Waals surface area contributed by atoms with E-state index in [2.05, 4.69) is 5.32 Å². The standard InChI is InChI=1S/C32H29Cl3N2O2/c33-27-15-11-25(12-16-27)22-37(31(38)18-13-23-7-3-1-4-8-23)30(19-24-9-5-2-6-10-24)32(39)36-21-26-14-17-28(34)20-29(26)35/h1-12,14-17,20,30H,13,18-19,21-22H2,(H,36,39). The summed E-state index contributed by atoms with van der Waals surface area (Å²) in [5, 5.41) is 4.61. The molecule has 0 fully saturated rings. The molecule has 0 spiro atoms. The first-order valence-corrected chi connectivity index (χ1v) is 13.9. The number of hydrogen-bond acceptors (Lipinski definition) is 2. The minimum absolute atomic E-state index is 0.102. The molecule has 1 atom stereocenters. The van der Waals surface area contributed by atoms with Crippen LogP contribution in [0.25, 0.3) is 0 Å². The predicted molar refractivity (Wildman–Crippen MR) is 159 cm³/mol. The normalized spacial score (nSPS) is 11.6. The molecule has 7 heteroatoms. The number of carbonyl (C=O) groups is 2. The Balaban J connectivity index is 1.61. The van der Waals surface area contributed by atoms with Gasteiger partial charge in [0.1, 0.15) is 6.04 Å². The van der Waals surface area contributed by atoms with E-state index in [0.717, 1.165) is 22.3 Å².